The highest BCUT2D eigenvalue weighted by atomic mass is 35.5. The van der Waals surface area contributed by atoms with Crippen LogP contribution in [0.3, 0.4) is 0 Å². The van der Waals surface area contributed by atoms with E-state index in [9.17, 15) is 0 Å². The zero-order valence-corrected chi connectivity index (χ0v) is 26.1. The van der Waals surface area contributed by atoms with Crippen LogP contribution in [0.25, 0.3) is 0 Å². The van der Waals surface area contributed by atoms with Gasteiger partial charge >= 0.3 is 0 Å². The zero-order chi connectivity index (χ0) is 26.7. The maximum atomic E-state index is 6.82. The normalized spacial score (nSPS) is 19.3. The van der Waals surface area contributed by atoms with Gasteiger partial charge in [0.05, 0.1) is 0 Å². The number of nitrogen functional groups attached to an aromatic ring is 1. The standard InChI is InChI=1S/C34H45N3O.2ClH/c1-23-24(2)33-30(25(3)32(23)35)21-34(4,38-33)22-31(28-15-18-36-19-16-28)37-20-17-29(26-11-7-5-8-12-26)27-13-9-6-10-14-27;;/h5-14,28-29,31,36-37H,15-22,35H2,1-4H3;2*1H. The highest BCUT2D eigenvalue weighted by molar-refractivity contribution is 5.85. The fourth-order valence-electron chi connectivity index (χ4n) is 6.76. The van der Waals surface area contributed by atoms with Crippen LogP contribution >= 0.6 is 24.8 Å². The second-order valence-electron chi connectivity index (χ2n) is 11.8. The molecule has 1 saturated heterocycles. The van der Waals surface area contributed by atoms with Crippen LogP contribution < -0.4 is 21.1 Å². The van der Waals surface area contributed by atoms with Crippen molar-refractivity contribution in [3.63, 3.8) is 0 Å². The molecule has 2 unspecified atom stereocenters. The first kappa shape index (κ1) is 32.3. The quantitative estimate of drug-likeness (QED) is 0.231. The van der Waals surface area contributed by atoms with E-state index in [1.54, 1.807) is 0 Å². The molecule has 3 aromatic carbocycles. The molecular weight excluding hydrogens is 537 g/mol. The lowest BCUT2D eigenvalue weighted by atomic mass is 9.81. The molecule has 2 atom stereocenters. The third kappa shape index (κ3) is 6.97. The van der Waals surface area contributed by atoms with Crippen LogP contribution in [0, 0.1) is 26.7 Å². The van der Waals surface area contributed by atoms with Crippen molar-refractivity contribution in [2.45, 2.75) is 77.4 Å². The van der Waals surface area contributed by atoms with Gasteiger partial charge in [-0.3, -0.25) is 0 Å². The summed E-state index contributed by atoms with van der Waals surface area (Å²) in [4.78, 5) is 0. The fraction of sp³-hybridized carbons (Fsp3) is 0.471. The Morgan fingerprint density at radius 2 is 1.48 bits per heavy atom. The van der Waals surface area contributed by atoms with E-state index in [4.69, 9.17) is 10.5 Å². The highest BCUT2D eigenvalue weighted by Gasteiger charge is 2.41. The number of hydrogen-bond acceptors (Lipinski definition) is 4. The molecule has 0 spiro atoms. The van der Waals surface area contributed by atoms with Crippen molar-refractivity contribution in [3.05, 3.63) is 94.0 Å². The number of rotatable bonds is 9. The van der Waals surface area contributed by atoms with Gasteiger partial charge in [-0.05, 0) is 100 Å². The first-order chi connectivity index (χ1) is 18.4. The molecule has 2 aliphatic heterocycles. The molecule has 0 aromatic heterocycles. The minimum absolute atomic E-state index is 0. The molecule has 0 aliphatic carbocycles. The van der Waals surface area contributed by atoms with Gasteiger partial charge in [0, 0.05) is 36.1 Å². The number of nitrogens with two attached hydrogens (primary N) is 1. The second kappa shape index (κ2) is 14.1. The van der Waals surface area contributed by atoms with Gasteiger partial charge in [-0.1, -0.05) is 60.7 Å². The second-order valence-corrected chi connectivity index (χ2v) is 11.8. The van der Waals surface area contributed by atoms with E-state index >= 15 is 0 Å². The third-order valence-corrected chi connectivity index (χ3v) is 9.19. The summed E-state index contributed by atoms with van der Waals surface area (Å²) in [5.74, 6) is 2.12. The van der Waals surface area contributed by atoms with Crippen LogP contribution in [0.2, 0.25) is 0 Å². The van der Waals surface area contributed by atoms with Crippen molar-refractivity contribution in [1.82, 2.24) is 10.6 Å². The lowest BCUT2D eigenvalue weighted by Crippen LogP contribution is -2.48. The molecule has 0 amide bonds. The number of ether oxygens (including phenoxy) is 1. The Bertz CT molecular complexity index is 1150. The van der Waals surface area contributed by atoms with E-state index < -0.39 is 0 Å². The highest BCUT2D eigenvalue weighted by Crippen LogP contribution is 2.45. The summed E-state index contributed by atoms with van der Waals surface area (Å²) >= 11 is 0. The summed E-state index contributed by atoms with van der Waals surface area (Å²) in [5, 5.41) is 7.62. The Balaban J connectivity index is 0.00000220. The van der Waals surface area contributed by atoms with Crippen molar-refractivity contribution >= 4 is 30.5 Å². The van der Waals surface area contributed by atoms with E-state index in [0.29, 0.717) is 17.9 Å². The molecule has 0 bridgehead atoms. The first-order valence-electron chi connectivity index (χ1n) is 14.5. The SMILES string of the molecule is Cc1c(C)c2c(c(C)c1N)CC(C)(CC(NCCC(c1ccccc1)c1ccccc1)C1CCNCC1)O2.Cl.Cl. The molecular formula is C34H47Cl2N3O. The molecule has 4 nitrogen and oxygen atoms in total. The Labute approximate surface area is 253 Å². The average molecular weight is 585 g/mol. The van der Waals surface area contributed by atoms with Gasteiger partial charge in [0.25, 0.3) is 0 Å². The van der Waals surface area contributed by atoms with Crippen LogP contribution in [-0.4, -0.2) is 31.3 Å². The lowest BCUT2D eigenvalue weighted by Gasteiger charge is -2.37. The molecule has 1 fully saturated rings. The van der Waals surface area contributed by atoms with Crippen molar-refractivity contribution < 1.29 is 4.74 Å². The van der Waals surface area contributed by atoms with E-state index in [-0.39, 0.29) is 30.4 Å². The van der Waals surface area contributed by atoms with Crippen LogP contribution in [0.15, 0.2) is 60.7 Å². The topological polar surface area (TPSA) is 59.3 Å². The molecule has 218 valence electrons. The monoisotopic (exact) mass is 583 g/mol. The Morgan fingerprint density at radius 3 is 2.05 bits per heavy atom. The van der Waals surface area contributed by atoms with Crippen molar-refractivity contribution in [1.29, 1.82) is 0 Å². The fourth-order valence-corrected chi connectivity index (χ4v) is 6.76. The summed E-state index contributed by atoms with van der Waals surface area (Å²) in [5.41, 5.74) is 14.8. The molecule has 40 heavy (non-hydrogen) atoms. The molecule has 2 aliphatic rings. The summed E-state index contributed by atoms with van der Waals surface area (Å²) in [7, 11) is 0. The van der Waals surface area contributed by atoms with Crippen molar-refractivity contribution in [2.24, 2.45) is 5.92 Å². The van der Waals surface area contributed by atoms with Gasteiger partial charge in [-0.25, -0.2) is 0 Å². The maximum Gasteiger partial charge on any atom is 0.127 e. The van der Waals surface area contributed by atoms with Gasteiger partial charge in [0.15, 0.2) is 0 Å². The molecule has 6 heteroatoms. The number of nitrogens with one attached hydrogen (secondary N) is 2. The number of halogens is 2. The number of fused-ring (bicyclic) bond motifs is 1. The smallest absolute Gasteiger partial charge is 0.127 e. The first-order valence-corrected chi connectivity index (χ1v) is 14.5. The number of piperidine rings is 1. The van der Waals surface area contributed by atoms with Crippen LogP contribution in [-0.2, 0) is 6.42 Å². The average Bonchev–Trinajstić information content (AvgIpc) is 3.31. The minimum atomic E-state index is -0.223. The predicted molar refractivity (Wildman–Crippen MR) is 174 cm³/mol. The van der Waals surface area contributed by atoms with Crippen LogP contribution in [0.5, 0.6) is 5.75 Å². The summed E-state index contributed by atoms with van der Waals surface area (Å²) in [6, 6.07) is 22.3. The maximum absolute atomic E-state index is 6.82. The van der Waals surface area contributed by atoms with Crippen molar-refractivity contribution in [3.8, 4) is 5.75 Å². The summed E-state index contributed by atoms with van der Waals surface area (Å²) in [6.45, 7) is 11.9. The van der Waals surface area contributed by atoms with E-state index in [1.165, 1.54) is 40.7 Å². The van der Waals surface area contributed by atoms with E-state index in [1.807, 2.05) is 0 Å². The molecule has 0 saturated carbocycles. The predicted octanol–water partition coefficient (Wildman–Crippen LogP) is 7.30. The molecule has 5 rings (SSSR count). The van der Waals surface area contributed by atoms with Gasteiger partial charge in [0.2, 0.25) is 0 Å². The van der Waals surface area contributed by atoms with Crippen LogP contribution in [0.1, 0.15) is 71.9 Å². The lowest BCUT2D eigenvalue weighted by molar-refractivity contribution is 0.0758. The summed E-state index contributed by atoms with van der Waals surface area (Å²) < 4.78 is 6.82. The van der Waals surface area contributed by atoms with E-state index in [0.717, 1.165) is 55.9 Å². The minimum Gasteiger partial charge on any atom is -0.487 e. The number of anilines is 1. The van der Waals surface area contributed by atoms with E-state index in [2.05, 4.69) is 99.0 Å². The third-order valence-electron chi connectivity index (χ3n) is 9.19. The van der Waals surface area contributed by atoms with Gasteiger partial charge < -0.3 is 21.1 Å². The Kier molecular flexibility index (Phi) is 11.4. The van der Waals surface area contributed by atoms with Crippen LogP contribution in [0.4, 0.5) is 5.69 Å². The molecule has 0 radical (unpaired) electrons. The largest absolute Gasteiger partial charge is 0.487 e. The number of benzene rings is 3. The molecule has 2 heterocycles. The number of hydrogen-bond donors (Lipinski definition) is 3. The van der Waals surface area contributed by atoms with Gasteiger partial charge in [-0.2, -0.15) is 0 Å². The van der Waals surface area contributed by atoms with Crippen molar-refractivity contribution in [2.75, 3.05) is 25.4 Å². The molecule has 3 aromatic rings. The summed E-state index contributed by atoms with van der Waals surface area (Å²) in [6.07, 6.45) is 5.43. The Hall–Kier alpha value is -2.24. The molecule has 4 N–H and O–H groups in total. The van der Waals surface area contributed by atoms with Gasteiger partial charge in [0.1, 0.15) is 11.4 Å². The zero-order valence-electron chi connectivity index (χ0n) is 24.5. The Morgan fingerprint density at radius 1 is 0.900 bits per heavy atom. The van der Waals surface area contributed by atoms with Gasteiger partial charge in [-0.15, -0.1) is 24.8 Å².